The Labute approximate surface area is 114 Å². The summed E-state index contributed by atoms with van der Waals surface area (Å²) in [6, 6.07) is 6.21. The van der Waals surface area contributed by atoms with Crippen molar-refractivity contribution in [3.63, 3.8) is 0 Å². The zero-order valence-electron chi connectivity index (χ0n) is 11.5. The van der Waals surface area contributed by atoms with Gasteiger partial charge in [-0.2, -0.15) is 0 Å². The third-order valence-electron chi connectivity index (χ3n) is 3.86. The van der Waals surface area contributed by atoms with Crippen LogP contribution < -0.4 is 10.5 Å². The lowest BCUT2D eigenvalue weighted by Gasteiger charge is -2.37. The molecule has 4 heteroatoms. The van der Waals surface area contributed by atoms with Crippen LogP contribution in [-0.4, -0.2) is 37.6 Å². The number of aliphatic hydroxyl groups is 1. The zero-order chi connectivity index (χ0) is 13.7. The van der Waals surface area contributed by atoms with Gasteiger partial charge in [-0.25, -0.2) is 0 Å². The molecule has 1 aliphatic rings. The third-order valence-corrected chi connectivity index (χ3v) is 3.86. The van der Waals surface area contributed by atoms with E-state index in [0.717, 1.165) is 25.0 Å². The minimum atomic E-state index is -0.283. The van der Waals surface area contributed by atoms with Crippen LogP contribution in [0.2, 0.25) is 0 Å². The van der Waals surface area contributed by atoms with Gasteiger partial charge in [0.05, 0.1) is 12.7 Å². The molecule has 0 spiro atoms. The maximum atomic E-state index is 8.85. The van der Waals surface area contributed by atoms with Crippen LogP contribution in [0.4, 0.5) is 0 Å². The highest BCUT2D eigenvalue weighted by Crippen LogP contribution is 2.33. The topological polar surface area (TPSA) is 64.7 Å². The molecule has 2 rings (SSSR count). The summed E-state index contributed by atoms with van der Waals surface area (Å²) < 4.78 is 11.2. The fourth-order valence-corrected chi connectivity index (χ4v) is 2.65. The molecule has 0 radical (unpaired) electrons. The van der Waals surface area contributed by atoms with E-state index < -0.39 is 0 Å². The Kier molecular flexibility index (Phi) is 4.80. The van der Waals surface area contributed by atoms with Gasteiger partial charge in [0.25, 0.3) is 0 Å². The molecule has 1 aromatic carbocycles. The molecule has 106 valence electrons. The van der Waals surface area contributed by atoms with Crippen molar-refractivity contribution in [2.24, 2.45) is 5.73 Å². The van der Waals surface area contributed by atoms with Gasteiger partial charge in [0, 0.05) is 26.2 Å². The molecule has 3 N–H and O–H groups in total. The number of fused-ring (bicyclic) bond motifs is 1. The van der Waals surface area contributed by atoms with E-state index in [-0.39, 0.29) is 12.2 Å². The Morgan fingerprint density at radius 2 is 2.21 bits per heavy atom. The summed E-state index contributed by atoms with van der Waals surface area (Å²) in [5, 5.41) is 8.85. The molecule has 1 aliphatic carbocycles. The molecule has 0 saturated heterocycles. The summed E-state index contributed by atoms with van der Waals surface area (Å²) in [5.41, 5.74) is 8.27. The van der Waals surface area contributed by atoms with Gasteiger partial charge in [-0.1, -0.05) is 6.07 Å². The van der Waals surface area contributed by atoms with Crippen LogP contribution in [0.3, 0.4) is 0 Å². The molecule has 19 heavy (non-hydrogen) atoms. The normalized spacial score (nSPS) is 22.1. The first-order valence-electron chi connectivity index (χ1n) is 6.84. The van der Waals surface area contributed by atoms with Crippen molar-refractivity contribution in [3.05, 3.63) is 29.3 Å². The van der Waals surface area contributed by atoms with E-state index in [4.69, 9.17) is 20.3 Å². The molecule has 0 amide bonds. The number of aryl methyl sites for hydroxylation is 1. The molecule has 0 aromatic heterocycles. The van der Waals surface area contributed by atoms with Crippen molar-refractivity contribution < 1.29 is 14.6 Å². The van der Waals surface area contributed by atoms with Gasteiger partial charge in [0.1, 0.15) is 5.75 Å². The second kappa shape index (κ2) is 6.37. The van der Waals surface area contributed by atoms with Crippen molar-refractivity contribution in [2.45, 2.75) is 31.3 Å². The van der Waals surface area contributed by atoms with Crippen LogP contribution >= 0.6 is 0 Å². The molecule has 1 aromatic rings. The highest BCUT2D eigenvalue weighted by molar-refractivity contribution is 5.38. The second-order valence-corrected chi connectivity index (χ2v) is 5.12. The van der Waals surface area contributed by atoms with Crippen molar-refractivity contribution in [1.29, 1.82) is 0 Å². The summed E-state index contributed by atoms with van der Waals surface area (Å²) >= 11 is 0. The number of aliphatic hydroxyl groups excluding tert-OH is 1. The van der Waals surface area contributed by atoms with Crippen LogP contribution in [0.5, 0.6) is 5.75 Å². The Balaban J connectivity index is 2.13. The lowest BCUT2D eigenvalue weighted by molar-refractivity contribution is -0.0521. The number of rotatable bonds is 6. The molecule has 0 saturated carbocycles. The maximum Gasteiger partial charge on any atom is 0.119 e. The molecular formula is C15H23NO3. The minimum Gasteiger partial charge on any atom is -0.497 e. The van der Waals surface area contributed by atoms with E-state index in [9.17, 15) is 0 Å². The summed E-state index contributed by atoms with van der Waals surface area (Å²) in [6.45, 7) is 1.23. The monoisotopic (exact) mass is 265 g/mol. The Hall–Kier alpha value is -1.10. The van der Waals surface area contributed by atoms with Crippen LogP contribution in [-0.2, 0) is 17.6 Å². The molecule has 0 fully saturated rings. The molecule has 0 aliphatic heterocycles. The van der Waals surface area contributed by atoms with E-state index in [2.05, 4.69) is 12.1 Å². The first-order valence-corrected chi connectivity index (χ1v) is 6.84. The predicted molar refractivity (Wildman–Crippen MR) is 74.5 cm³/mol. The van der Waals surface area contributed by atoms with E-state index in [1.807, 2.05) is 6.07 Å². The standard InChI is InChI=1S/C15H23NO3/c1-18-14-4-3-12-5-6-15(11-16,10-13(12)9-14)19-8-2-7-17/h3-4,9,17H,2,5-8,10-11,16H2,1H3. The SMILES string of the molecule is COc1ccc2c(c1)CC(CN)(OCCCO)CC2. The lowest BCUT2D eigenvalue weighted by atomic mass is 9.80. The average molecular weight is 265 g/mol. The van der Waals surface area contributed by atoms with Crippen LogP contribution in [0, 0.1) is 0 Å². The summed E-state index contributed by atoms with van der Waals surface area (Å²) in [4.78, 5) is 0. The van der Waals surface area contributed by atoms with Crippen molar-refractivity contribution in [3.8, 4) is 5.75 Å². The van der Waals surface area contributed by atoms with E-state index in [0.29, 0.717) is 19.6 Å². The highest BCUT2D eigenvalue weighted by Gasteiger charge is 2.34. The quantitative estimate of drug-likeness (QED) is 0.761. The molecule has 0 bridgehead atoms. The summed E-state index contributed by atoms with van der Waals surface area (Å²) in [5.74, 6) is 0.877. The maximum absolute atomic E-state index is 8.85. The van der Waals surface area contributed by atoms with Crippen LogP contribution in [0.15, 0.2) is 18.2 Å². The van der Waals surface area contributed by atoms with Gasteiger partial charge in [-0.15, -0.1) is 0 Å². The first kappa shape index (κ1) is 14.3. The fourth-order valence-electron chi connectivity index (χ4n) is 2.65. The number of methoxy groups -OCH3 is 1. The number of benzene rings is 1. The number of hydrogen-bond acceptors (Lipinski definition) is 4. The van der Waals surface area contributed by atoms with Crippen LogP contribution in [0.1, 0.15) is 24.0 Å². The molecule has 0 heterocycles. The molecule has 1 atom stereocenters. The number of nitrogens with two attached hydrogens (primary N) is 1. The van der Waals surface area contributed by atoms with E-state index in [1.165, 1.54) is 11.1 Å². The lowest BCUT2D eigenvalue weighted by Crippen LogP contribution is -2.46. The average Bonchev–Trinajstić information content (AvgIpc) is 2.46. The van der Waals surface area contributed by atoms with Gasteiger partial charge < -0.3 is 20.3 Å². The van der Waals surface area contributed by atoms with Gasteiger partial charge >= 0.3 is 0 Å². The molecular weight excluding hydrogens is 242 g/mol. The minimum absolute atomic E-state index is 0.158. The summed E-state index contributed by atoms with van der Waals surface area (Å²) in [7, 11) is 1.68. The zero-order valence-corrected chi connectivity index (χ0v) is 11.5. The summed E-state index contributed by atoms with van der Waals surface area (Å²) in [6.07, 6.45) is 3.40. The molecule has 4 nitrogen and oxygen atoms in total. The van der Waals surface area contributed by atoms with E-state index in [1.54, 1.807) is 7.11 Å². The van der Waals surface area contributed by atoms with Crippen molar-refractivity contribution in [2.75, 3.05) is 26.9 Å². The Morgan fingerprint density at radius 3 is 2.89 bits per heavy atom. The number of ether oxygens (including phenoxy) is 2. The largest absolute Gasteiger partial charge is 0.497 e. The van der Waals surface area contributed by atoms with Crippen molar-refractivity contribution >= 4 is 0 Å². The van der Waals surface area contributed by atoms with E-state index >= 15 is 0 Å². The van der Waals surface area contributed by atoms with Gasteiger partial charge in [0.2, 0.25) is 0 Å². The smallest absolute Gasteiger partial charge is 0.119 e. The van der Waals surface area contributed by atoms with Gasteiger partial charge in [-0.05, 0) is 42.5 Å². The first-order chi connectivity index (χ1) is 9.23. The second-order valence-electron chi connectivity index (χ2n) is 5.12. The Morgan fingerprint density at radius 1 is 1.37 bits per heavy atom. The van der Waals surface area contributed by atoms with Gasteiger partial charge in [0.15, 0.2) is 0 Å². The molecule has 1 unspecified atom stereocenters. The fraction of sp³-hybridized carbons (Fsp3) is 0.600. The number of hydrogen-bond donors (Lipinski definition) is 2. The van der Waals surface area contributed by atoms with Gasteiger partial charge in [-0.3, -0.25) is 0 Å². The van der Waals surface area contributed by atoms with Crippen LogP contribution in [0.25, 0.3) is 0 Å². The Bertz CT molecular complexity index is 422. The van der Waals surface area contributed by atoms with Crippen molar-refractivity contribution in [1.82, 2.24) is 0 Å². The highest BCUT2D eigenvalue weighted by atomic mass is 16.5. The third kappa shape index (κ3) is 3.26. The predicted octanol–water partition coefficient (Wildman–Crippen LogP) is 1.28.